The molecule has 168 valence electrons. The van der Waals surface area contributed by atoms with Gasteiger partial charge in [-0.1, -0.05) is 65.7 Å². The van der Waals surface area contributed by atoms with Crippen molar-refractivity contribution in [2.24, 2.45) is 0 Å². The highest BCUT2D eigenvalue weighted by Crippen LogP contribution is 2.35. The van der Waals surface area contributed by atoms with Crippen molar-refractivity contribution in [2.45, 2.75) is 20.1 Å². The normalized spacial score (nSPS) is 10.8. The third-order valence-corrected chi connectivity index (χ3v) is 5.58. The smallest absolute Gasteiger partial charge is 0.283 e. The van der Waals surface area contributed by atoms with Gasteiger partial charge in [-0.15, -0.1) is 4.73 Å². The summed E-state index contributed by atoms with van der Waals surface area (Å²) in [6.07, 6.45) is 0. The van der Waals surface area contributed by atoms with Crippen LogP contribution in [0.4, 0.5) is 0 Å². The second-order valence-corrected chi connectivity index (χ2v) is 8.34. The van der Waals surface area contributed by atoms with E-state index in [1.807, 2.05) is 42.5 Å². The van der Waals surface area contributed by atoms with Crippen LogP contribution in [0.5, 0.6) is 11.5 Å². The molecule has 0 spiro atoms. The van der Waals surface area contributed by atoms with Crippen molar-refractivity contribution in [1.29, 1.82) is 0 Å². The number of halogens is 2. The van der Waals surface area contributed by atoms with E-state index in [0.29, 0.717) is 26.0 Å². The van der Waals surface area contributed by atoms with E-state index < -0.39 is 5.56 Å². The number of rotatable bonds is 7. The second-order valence-electron chi connectivity index (χ2n) is 7.53. The van der Waals surface area contributed by atoms with Crippen molar-refractivity contribution in [3.8, 4) is 22.6 Å². The molecule has 0 aliphatic carbocycles. The Hall–Kier alpha value is -3.41. The molecular formula is C26H21Cl2NO4. The number of benzene rings is 3. The number of hydrogen-bond donors (Lipinski definition) is 1. The standard InChI is InChI=1S/C26H21Cl2NO4/c1-17-11-21(29(31)25(30)12-17)16-33-26-23(27)13-18(14-24(26)28)15-32-22-9-7-20(8-10-22)19-5-3-2-4-6-19/h2-14,31H,15-16H2,1H3. The monoisotopic (exact) mass is 481 g/mol. The van der Waals surface area contributed by atoms with Crippen molar-refractivity contribution < 1.29 is 14.7 Å². The predicted molar refractivity (Wildman–Crippen MR) is 130 cm³/mol. The van der Waals surface area contributed by atoms with E-state index in [2.05, 4.69) is 12.1 Å². The number of nitrogens with zero attached hydrogens (tertiary/aromatic N) is 1. The molecule has 1 heterocycles. The van der Waals surface area contributed by atoms with Gasteiger partial charge in [0, 0.05) is 6.07 Å². The maximum atomic E-state index is 11.7. The largest absolute Gasteiger partial charge is 0.489 e. The molecule has 5 nitrogen and oxygen atoms in total. The third kappa shape index (κ3) is 5.51. The van der Waals surface area contributed by atoms with E-state index in [1.165, 1.54) is 6.07 Å². The van der Waals surface area contributed by atoms with Crippen LogP contribution in [0.1, 0.15) is 16.8 Å². The molecule has 0 unspecified atom stereocenters. The van der Waals surface area contributed by atoms with Crippen LogP contribution in [0, 0.1) is 6.92 Å². The highest BCUT2D eigenvalue weighted by atomic mass is 35.5. The summed E-state index contributed by atoms with van der Waals surface area (Å²) in [4.78, 5) is 11.7. The fraction of sp³-hybridized carbons (Fsp3) is 0.115. The Morgan fingerprint density at radius 3 is 2.12 bits per heavy atom. The molecule has 0 saturated heterocycles. The minimum absolute atomic E-state index is 0.0729. The molecule has 4 rings (SSSR count). The highest BCUT2D eigenvalue weighted by molar-refractivity contribution is 6.37. The van der Waals surface area contributed by atoms with Crippen LogP contribution < -0.4 is 15.0 Å². The molecule has 4 aromatic rings. The van der Waals surface area contributed by atoms with Gasteiger partial charge in [0.2, 0.25) is 0 Å². The lowest BCUT2D eigenvalue weighted by Gasteiger charge is -2.14. The molecule has 0 fully saturated rings. The van der Waals surface area contributed by atoms with Crippen LogP contribution in [-0.2, 0) is 13.2 Å². The summed E-state index contributed by atoms with van der Waals surface area (Å²) in [6.45, 7) is 1.96. The average Bonchev–Trinajstić information content (AvgIpc) is 2.81. The molecule has 1 N–H and O–H groups in total. The summed E-state index contributed by atoms with van der Waals surface area (Å²) >= 11 is 12.8. The van der Waals surface area contributed by atoms with Crippen molar-refractivity contribution >= 4 is 23.2 Å². The quantitative estimate of drug-likeness (QED) is 0.305. The third-order valence-electron chi connectivity index (χ3n) is 5.02. The molecular weight excluding hydrogens is 461 g/mol. The Kier molecular flexibility index (Phi) is 6.92. The average molecular weight is 482 g/mol. The zero-order valence-corrected chi connectivity index (χ0v) is 19.3. The van der Waals surface area contributed by atoms with E-state index in [0.717, 1.165) is 22.4 Å². The lowest BCUT2D eigenvalue weighted by molar-refractivity contribution is 0.147. The molecule has 3 aromatic carbocycles. The first-order valence-electron chi connectivity index (χ1n) is 10.2. The van der Waals surface area contributed by atoms with Crippen LogP contribution in [0.25, 0.3) is 11.1 Å². The van der Waals surface area contributed by atoms with Gasteiger partial charge >= 0.3 is 0 Å². The van der Waals surface area contributed by atoms with Crippen molar-refractivity contribution in [3.63, 3.8) is 0 Å². The maximum absolute atomic E-state index is 11.7. The Morgan fingerprint density at radius 1 is 0.818 bits per heavy atom. The number of aryl methyl sites for hydroxylation is 1. The van der Waals surface area contributed by atoms with Crippen LogP contribution in [-0.4, -0.2) is 9.94 Å². The Balaban J connectivity index is 1.41. The molecule has 0 radical (unpaired) electrons. The fourth-order valence-corrected chi connectivity index (χ4v) is 4.03. The summed E-state index contributed by atoms with van der Waals surface area (Å²) in [5, 5.41) is 10.5. The maximum Gasteiger partial charge on any atom is 0.283 e. The Bertz CT molecular complexity index is 1300. The Morgan fingerprint density at radius 2 is 1.45 bits per heavy atom. The summed E-state index contributed by atoms with van der Waals surface area (Å²) in [7, 11) is 0. The van der Waals surface area contributed by atoms with Crippen molar-refractivity contribution in [1.82, 2.24) is 4.73 Å². The van der Waals surface area contributed by atoms with E-state index >= 15 is 0 Å². The summed E-state index contributed by atoms with van der Waals surface area (Å²) in [5.41, 5.74) is 3.50. The van der Waals surface area contributed by atoms with E-state index in [9.17, 15) is 10.0 Å². The SMILES string of the molecule is Cc1cc(COc2c(Cl)cc(COc3ccc(-c4ccccc4)cc3)cc2Cl)n(O)c(=O)c1. The highest BCUT2D eigenvalue weighted by Gasteiger charge is 2.13. The lowest BCUT2D eigenvalue weighted by Crippen LogP contribution is -2.22. The van der Waals surface area contributed by atoms with Crippen LogP contribution in [0.3, 0.4) is 0 Å². The van der Waals surface area contributed by atoms with Crippen molar-refractivity contribution in [3.05, 3.63) is 116 Å². The van der Waals surface area contributed by atoms with Gasteiger partial charge in [-0.25, -0.2) is 0 Å². The van der Waals surface area contributed by atoms with Gasteiger partial charge < -0.3 is 14.7 Å². The number of ether oxygens (including phenoxy) is 2. The molecule has 0 aliphatic heterocycles. The second kappa shape index (κ2) is 10.0. The summed E-state index contributed by atoms with van der Waals surface area (Å²) in [5.74, 6) is 0.992. The first kappa shape index (κ1) is 22.8. The van der Waals surface area contributed by atoms with Crippen molar-refractivity contribution in [2.75, 3.05) is 0 Å². The summed E-state index contributed by atoms with van der Waals surface area (Å²) in [6, 6.07) is 24.4. The fourth-order valence-electron chi connectivity index (χ4n) is 3.39. The van der Waals surface area contributed by atoms with E-state index in [1.54, 1.807) is 25.1 Å². The molecule has 0 bridgehead atoms. The lowest BCUT2D eigenvalue weighted by atomic mass is 10.1. The molecule has 0 aliphatic rings. The van der Waals surface area contributed by atoms with Crippen LogP contribution in [0.15, 0.2) is 83.7 Å². The molecule has 0 saturated carbocycles. The van der Waals surface area contributed by atoms with Gasteiger partial charge in [-0.2, -0.15) is 0 Å². The zero-order chi connectivity index (χ0) is 23.4. The van der Waals surface area contributed by atoms with Crippen LogP contribution in [0.2, 0.25) is 10.0 Å². The first-order valence-corrected chi connectivity index (χ1v) is 11.0. The molecule has 0 amide bonds. The van der Waals surface area contributed by atoms with Gasteiger partial charge in [0.1, 0.15) is 19.0 Å². The number of aromatic nitrogens is 1. The molecule has 0 atom stereocenters. The first-order chi connectivity index (χ1) is 15.9. The molecule has 7 heteroatoms. The van der Waals surface area contributed by atoms with E-state index in [-0.39, 0.29) is 19.0 Å². The minimum Gasteiger partial charge on any atom is -0.489 e. The van der Waals surface area contributed by atoms with E-state index in [4.69, 9.17) is 32.7 Å². The molecule has 33 heavy (non-hydrogen) atoms. The summed E-state index contributed by atoms with van der Waals surface area (Å²) < 4.78 is 12.1. The van der Waals surface area contributed by atoms with Gasteiger partial charge in [-0.05, 0) is 59.5 Å². The van der Waals surface area contributed by atoms with Gasteiger partial charge in [0.15, 0.2) is 5.75 Å². The Labute approximate surface area is 201 Å². The predicted octanol–water partition coefficient (Wildman–Crippen LogP) is 6.53. The molecule has 1 aromatic heterocycles. The number of pyridine rings is 1. The topological polar surface area (TPSA) is 60.7 Å². The van der Waals surface area contributed by atoms with Gasteiger partial charge in [0.05, 0.1) is 15.7 Å². The van der Waals surface area contributed by atoms with Crippen LogP contribution >= 0.6 is 23.2 Å². The van der Waals surface area contributed by atoms with Gasteiger partial charge in [-0.3, -0.25) is 4.79 Å². The zero-order valence-electron chi connectivity index (χ0n) is 17.8. The minimum atomic E-state index is -0.532. The van der Waals surface area contributed by atoms with Gasteiger partial charge in [0.25, 0.3) is 5.56 Å². The number of hydrogen-bond acceptors (Lipinski definition) is 4.